The lowest BCUT2D eigenvalue weighted by Gasteiger charge is -2.49. The Kier molecular flexibility index (Phi) is 4.11. The first-order chi connectivity index (χ1) is 9.05. The lowest BCUT2D eigenvalue weighted by molar-refractivity contribution is -0.112. The maximum Gasteiger partial charge on any atom is 0.123 e. The van der Waals surface area contributed by atoms with Gasteiger partial charge in [-0.25, -0.2) is 4.39 Å². The number of methoxy groups -OCH3 is 1. The number of hydrogen-bond acceptors (Lipinski definition) is 3. The third kappa shape index (κ3) is 2.35. The highest BCUT2D eigenvalue weighted by molar-refractivity contribution is 5.42. The molecule has 3 nitrogen and oxygen atoms in total. The van der Waals surface area contributed by atoms with E-state index < -0.39 is 0 Å². The van der Waals surface area contributed by atoms with Crippen LogP contribution in [0.25, 0.3) is 0 Å². The first-order valence-corrected chi connectivity index (χ1v) is 6.58. The van der Waals surface area contributed by atoms with E-state index in [1.165, 1.54) is 12.1 Å². The van der Waals surface area contributed by atoms with Gasteiger partial charge < -0.3 is 14.6 Å². The standard InChI is InChI=1S/C15H21FO3/c1-10(2)13(7-17)15(8-19-9-15)12-6-11(16)4-5-14(12)18-3/h4-6,10,13,17H,7-9H2,1-3H3. The van der Waals surface area contributed by atoms with E-state index in [-0.39, 0.29) is 29.7 Å². The predicted molar refractivity (Wildman–Crippen MR) is 70.9 cm³/mol. The molecule has 1 N–H and O–H groups in total. The van der Waals surface area contributed by atoms with E-state index in [9.17, 15) is 9.50 Å². The molecule has 1 aromatic rings. The average Bonchev–Trinajstić information content (AvgIpc) is 2.33. The number of halogens is 1. The van der Waals surface area contributed by atoms with Gasteiger partial charge in [0.1, 0.15) is 11.6 Å². The molecule has 1 heterocycles. The molecule has 2 rings (SSSR count). The monoisotopic (exact) mass is 268 g/mol. The van der Waals surface area contributed by atoms with Gasteiger partial charge in [0.05, 0.1) is 25.7 Å². The molecule has 1 unspecified atom stereocenters. The van der Waals surface area contributed by atoms with Crippen molar-refractivity contribution in [1.29, 1.82) is 0 Å². The fourth-order valence-electron chi connectivity index (χ4n) is 2.98. The molecule has 0 saturated carbocycles. The third-order valence-electron chi connectivity index (χ3n) is 4.13. The molecule has 1 aliphatic heterocycles. The van der Waals surface area contributed by atoms with E-state index in [0.29, 0.717) is 19.0 Å². The van der Waals surface area contributed by atoms with Crippen LogP contribution >= 0.6 is 0 Å². The van der Waals surface area contributed by atoms with Gasteiger partial charge in [-0.15, -0.1) is 0 Å². The van der Waals surface area contributed by atoms with Crippen LogP contribution in [0.2, 0.25) is 0 Å². The zero-order valence-electron chi connectivity index (χ0n) is 11.6. The number of aliphatic hydroxyl groups excluding tert-OH is 1. The van der Waals surface area contributed by atoms with Crippen molar-refractivity contribution in [1.82, 2.24) is 0 Å². The Balaban J connectivity index is 2.49. The van der Waals surface area contributed by atoms with Crippen molar-refractivity contribution >= 4 is 0 Å². The van der Waals surface area contributed by atoms with Gasteiger partial charge in [-0.2, -0.15) is 0 Å². The van der Waals surface area contributed by atoms with E-state index in [2.05, 4.69) is 13.8 Å². The molecule has 1 saturated heterocycles. The molecule has 0 bridgehead atoms. The van der Waals surface area contributed by atoms with Gasteiger partial charge in [0.25, 0.3) is 0 Å². The number of aliphatic hydroxyl groups is 1. The van der Waals surface area contributed by atoms with Crippen LogP contribution in [0.5, 0.6) is 5.75 Å². The molecule has 19 heavy (non-hydrogen) atoms. The molecule has 4 heteroatoms. The van der Waals surface area contributed by atoms with Gasteiger partial charge in [-0.05, 0) is 30.0 Å². The Labute approximate surface area is 113 Å². The SMILES string of the molecule is COc1ccc(F)cc1C1(C(CO)C(C)C)COC1. The number of rotatable bonds is 5. The summed E-state index contributed by atoms with van der Waals surface area (Å²) >= 11 is 0. The summed E-state index contributed by atoms with van der Waals surface area (Å²) in [5, 5.41) is 9.70. The molecule has 0 spiro atoms. The summed E-state index contributed by atoms with van der Waals surface area (Å²) in [5.74, 6) is 0.671. The highest BCUT2D eigenvalue weighted by Crippen LogP contribution is 2.46. The van der Waals surface area contributed by atoms with E-state index in [1.54, 1.807) is 13.2 Å². The predicted octanol–water partition coefficient (Wildman–Crippen LogP) is 2.37. The van der Waals surface area contributed by atoms with E-state index in [1.807, 2.05) is 0 Å². The van der Waals surface area contributed by atoms with Crippen LogP contribution in [0.15, 0.2) is 18.2 Å². The largest absolute Gasteiger partial charge is 0.496 e. The maximum atomic E-state index is 13.6. The highest BCUT2D eigenvalue weighted by atomic mass is 19.1. The Morgan fingerprint density at radius 1 is 1.42 bits per heavy atom. The Morgan fingerprint density at radius 2 is 2.11 bits per heavy atom. The van der Waals surface area contributed by atoms with E-state index in [4.69, 9.17) is 9.47 Å². The number of benzene rings is 1. The molecule has 1 fully saturated rings. The minimum Gasteiger partial charge on any atom is -0.496 e. The summed E-state index contributed by atoms with van der Waals surface area (Å²) in [4.78, 5) is 0. The van der Waals surface area contributed by atoms with Crippen LogP contribution in [0.3, 0.4) is 0 Å². The maximum absolute atomic E-state index is 13.6. The molecule has 0 amide bonds. The second-order valence-corrected chi connectivity index (χ2v) is 5.53. The smallest absolute Gasteiger partial charge is 0.123 e. The molecule has 1 aromatic carbocycles. The molecule has 0 aromatic heterocycles. The van der Waals surface area contributed by atoms with Crippen LogP contribution < -0.4 is 4.74 Å². The summed E-state index contributed by atoms with van der Waals surface area (Å²) in [5.41, 5.74) is 0.449. The topological polar surface area (TPSA) is 38.7 Å². The van der Waals surface area contributed by atoms with Crippen molar-refractivity contribution in [3.05, 3.63) is 29.6 Å². The zero-order valence-corrected chi connectivity index (χ0v) is 11.6. The summed E-state index contributed by atoms with van der Waals surface area (Å²) in [6.07, 6.45) is 0. The molecule has 106 valence electrons. The van der Waals surface area contributed by atoms with E-state index in [0.717, 1.165) is 5.56 Å². The quantitative estimate of drug-likeness (QED) is 0.891. The van der Waals surface area contributed by atoms with Crippen molar-refractivity contribution < 1.29 is 19.0 Å². The number of ether oxygens (including phenoxy) is 2. The minimum absolute atomic E-state index is 0.0250. The Bertz CT molecular complexity index is 441. The van der Waals surface area contributed by atoms with Gasteiger partial charge in [-0.1, -0.05) is 13.8 Å². The van der Waals surface area contributed by atoms with Gasteiger partial charge in [0, 0.05) is 12.2 Å². The Morgan fingerprint density at radius 3 is 2.53 bits per heavy atom. The fourth-order valence-corrected chi connectivity index (χ4v) is 2.98. The van der Waals surface area contributed by atoms with Crippen LogP contribution in [0.1, 0.15) is 19.4 Å². The Hall–Kier alpha value is -1.13. The normalized spacial score (nSPS) is 19.1. The highest BCUT2D eigenvalue weighted by Gasteiger charge is 2.49. The summed E-state index contributed by atoms with van der Waals surface area (Å²) in [6.45, 7) is 5.17. The zero-order chi connectivity index (χ0) is 14.0. The molecule has 0 aliphatic carbocycles. The van der Waals surface area contributed by atoms with Crippen molar-refractivity contribution in [2.24, 2.45) is 11.8 Å². The molecule has 1 atom stereocenters. The van der Waals surface area contributed by atoms with Crippen molar-refractivity contribution in [3.8, 4) is 5.75 Å². The van der Waals surface area contributed by atoms with Crippen LogP contribution in [0, 0.1) is 17.7 Å². The lowest BCUT2D eigenvalue weighted by Crippen LogP contribution is -2.55. The van der Waals surface area contributed by atoms with E-state index >= 15 is 0 Å². The van der Waals surface area contributed by atoms with Crippen LogP contribution in [-0.2, 0) is 10.2 Å². The second kappa shape index (κ2) is 5.47. The fraction of sp³-hybridized carbons (Fsp3) is 0.600. The van der Waals surface area contributed by atoms with Gasteiger partial charge in [0.2, 0.25) is 0 Å². The number of hydrogen-bond donors (Lipinski definition) is 1. The third-order valence-corrected chi connectivity index (χ3v) is 4.13. The second-order valence-electron chi connectivity index (χ2n) is 5.53. The first-order valence-electron chi connectivity index (χ1n) is 6.58. The molecular formula is C15H21FO3. The van der Waals surface area contributed by atoms with Crippen molar-refractivity contribution in [3.63, 3.8) is 0 Å². The van der Waals surface area contributed by atoms with Gasteiger partial charge >= 0.3 is 0 Å². The van der Waals surface area contributed by atoms with Crippen molar-refractivity contribution in [2.45, 2.75) is 19.3 Å². The molecular weight excluding hydrogens is 247 g/mol. The summed E-state index contributed by atoms with van der Waals surface area (Å²) < 4.78 is 24.3. The van der Waals surface area contributed by atoms with Crippen LogP contribution in [-0.4, -0.2) is 32.0 Å². The molecule has 1 aliphatic rings. The first kappa shape index (κ1) is 14.3. The molecule has 0 radical (unpaired) electrons. The average molecular weight is 268 g/mol. The summed E-state index contributed by atoms with van der Waals surface area (Å²) in [7, 11) is 1.58. The van der Waals surface area contributed by atoms with Crippen LogP contribution in [0.4, 0.5) is 4.39 Å². The van der Waals surface area contributed by atoms with Gasteiger partial charge in [0.15, 0.2) is 0 Å². The minimum atomic E-state index is -0.351. The summed E-state index contributed by atoms with van der Waals surface area (Å²) in [6, 6.07) is 4.53. The van der Waals surface area contributed by atoms with Gasteiger partial charge in [-0.3, -0.25) is 0 Å². The lowest BCUT2D eigenvalue weighted by atomic mass is 9.64. The van der Waals surface area contributed by atoms with Crippen molar-refractivity contribution in [2.75, 3.05) is 26.9 Å².